The van der Waals surface area contributed by atoms with Gasteiger partial charge in [0.2, 0.25) is 5.91 Å². The maximum atomic E-state index is 11.1. The average Bonchev–Trinajstić information content (AvgIpc) is 3.21. The summed E-state index contributed by atoms with van der Waals surface area (Å²) in [5, 5.41) is 11.7. The SMILES string of the molecule is CC(=O)Nc1ccc(OC(CCc2ccc(C#N)cc2)Cn2ccnc2)cc1. The number of rotatable bonds is 8. The third-order valence-corrected chi connectivity index (χ3v) is 4.29. The number of hydrogen-bond acceptors (Lipinski definition) is 4. The number of ether oxygens (including phenoxy) is 1. The Morgan fingerprint density at radius 1 is 1.21 bits per heavy atom. The summed E-state index contributed by atoms with van der Waals surface area (Å²) >= 11 is 0. The van der Waals surface area contributed by atoms with Gasteiger partial charge in [0, 0.05) is 25.0 Å². The molecule has 0 saturated carbocycles. The van der Waals surface area contributed by atoms with Gasteiger partial charge in [-0.1, -0.05) is 12.1 Å². The van der Waals surface area contributed by atoms with E-state index in [4.69, 9.17) is 10.00 Å². The number of benzene rings is 2. The monoisotopic (exact) mass is 374 g/mol. The molecule has 0 aliphatic heterocycles. The molecule has 0 saturated heterocycles. The van der Waals surface area contributed by atoms with Crippen LogP contribution in [0.2, 0.25) is 0 Å². The number of amides is 1. The van der Waals surface area contributed by atoms with Crippen molar-refractivity contribution in [3.05, 3.63) is 78.4 Å². The molecular formula is C22H22N4O2. The molecule has 1 atom stereocenters. The lowest BCUT2D eigenvalue weighted by atomic mass is 10.0. The maximum Gasteiger partial charge on any atom is 0.221 e. The number of carbonyl (C=O) groups excluding carboxylic acids is 1. The lowest BCUT2D eigenvalue weighted by molar-refractivity contribution is -0.114. The van der Waals surface area contributed by atoms with E-state index in [2.05, 4.69) is 16.4 Å². The highest BCUT2D eigenvalue weighted by atomic mass is 16.5. The highest BCUT2D eigenvalue weighted by Crippen LogP contribution is 2.19. The zero-order valence-electron chi connectivity index (χ0n) is 15.7. The molecule has 3 aromatic rings. The molecule has 1 amide bonds. The summed E-state index contributed by atoms with van der Waals surface area (Å²) in [6, 6.07) is 17.1. The van der Waals surface area contributed by atoms with Crippen LogP contribution in [0.1, 0.15) is 24.5 Å². The summed E-state index contributed by atoms with van der Waals surface area (Å²) in [4.78, 5) is 15.2. The van der Waals surface area contributed by atoms with Crippen LogP contribution in [-0.2, 0) is 17.8 Å². The number of aryl methyl sites for hydroxylation is 1. The molecule has 0 bridgehead atoms. The van der Waals surface area contributed by atoms with Crippen LogP contribution in [0.25, 0.3) is 0 Å². The lowest BCUT2D eigenvalue weighted by Gasteiger charge is -2.20. The number of aromatic nitrogens is 2. The van der Waals surface area contributed by atoms with Crippen LogP contribution >= 0.6 is 0 Å². The molecule has 6 heteroatoms. The molecule has 1 N–H and O–H groups in total. The van der Waals surface area contributed by atoms with Crippen LogP contribution in [0.15, 0.2) is 67.3 Å². The predicted molar refractivity (Wildman–Crippen MR) is 107 cm³/mol. The number of nitrogens with zero attached hydrogens (tertiary/aromatic N) is 3. The Kier molecular flexibility index (Phi) is 6.42. The normalized spacial score (nSPS) is 11.4. The Bertz CT molecular complexity index is 926. The van der Waals surface area contributed by atoms with E-state index in [-0.39, 0.29) is 12.0 Å². The Balaban J connectivity index is 1.65. The molecule has 28 heavy (non-hydrogen) atoms. The van der Waals surface area contributed by atoms with Crippen LogP contribution in [0.4, 0.5) is 5.69 Å². The number of nitriles is 1. The third-order valence-electron chi connectivity index (χ3n) is 4.29. The van der Waals surface area contributed by atoms with Crippen molar-refractivity contribution in [2.24, 2.45) is 0 Å². The van der Waals surface area contributed by atoms with E-state index in [0.29, 0.717) is 12.1 Å². The van der Waals surface area contributed by atoms with E-state index in [0.717, 1.165) is 24.3 Å². The second kappa shape index (κ2) is 9.38. The summed E-state index contributed by atoms with van der Waals surface area (Å²) in [5.74, 6) is 0.646. The van der Waals surface area contributed by atoms with Crippen molar-refractivity contribution in [3.63, 3.8) is 0 Å². The van der Waals surface area contributed by atoms with Crippen molar-refractivity contribution < 1.29 is 9.53 Å². The number of hydrogen-bond donors (Lipinski definition) is 1. The van der Waals surface area contributed by atoms with Gasteiger partial charge in [-0.25, -0.2) is 4.98 Å². The molecule has 1 unspecified atom stereocenters. The minimum absolute atomic E-state index is 0.0449. The van der Waals surface area contributed by atoms with Crippen LogP contribution < -0.4 is 10.1 Å². The first-order valence-corrected chi connectivity index (χ1v) is 9.11. The molecule has 0 fully saturated rings. The van der Waals surface area contributed by atoms with E-state index >= 15 is 0 Å². The summed E-state index contributed by atoms with van der Waals surface area (Å²) in [6.07, 6.45) is 7.05. The summed E-state index contributed by atoms with van der Waals surface area (Å²) in [7, 11) is 0. The topological polar surface area (TPSA) is 79.9 Å². The van der Waals surface area contributed by atoms with Gasteiger partial charge in [-0.3, -0.25) is 4.79 Å². The van der Waals surface area contributed by atoms with Crippen LogP contribution in [0.5, 0.6) is 5.75 Å². The minimum Gasteiger partial charge on any atom is -0.489 e. The number of imidazole rings is 1. The van der Waals surface area contributed by atoms with Gasteiger partial charge < -0.3 is 14.6 Å². The van der Waals surface area contributed by atoms with Crippen LogP contribution in [0.3, 0.4) is 0 Å². The van der Waals surface area contributed by atoms with Crippen molar-refractivity contribution in [3.8, 4) is 11.8 Å². The van der Waals surface area contributed by atoms with Gasteiger partial charge in [-0.05, 0) is 54.8 Å². The first kappa shape index (κ1) is 19.2. The predicted octanol–water partition coefficient (Wildman–Crippen LogP) is 3.79. The quantitative estimate of drug-likeness (QED) is 0.650. The van der Waals surface area contributed by atoms with E-state index in [1.54, 1.807) is 12.5 Å². The fraction of sp³-hybridized carbons (Fsp3) is 0.227. The van der Waals surface area contributed by atoms with E-state index < -0.39 is 0 Å². The highest BCUT2D eigenvalue weighted by molar-refractivity contribution is 5.88. The van der Waals surface area contributed by atoms with E-state index in [9.17, 15) is 4.79 Å². The standard InChI is InChI=1S/C22H22N4O2/c1-17(27)25-20-7-10-21(11-8-20)28-22(15-26-13-12-24-16-26)9-6-18-2-4-19(14-23)5-3-18/h2-5,7-8,10-13,16,22H,6,9,15H2,1H3,(H,25,27). The minimum atomic E-state index is -0.103. The number of nitrogens with one attached hydrogen (secondary N) is 1. The van der Waals surface area contributed by atoms with Crippen molar-refractivity contribution in [2.75, 3.05) is 5.32 Å². The fourth-order valence-electron chi connectivity index (χ4n) is 2.90. The average molecular weight is 374 g/mol. The van der Waals surface area contributed by atoms with Crippen molar-refractivity contribution in [1.82, 2.24) is 9.55 Å². The maximum absolute atomic E-state index is 11.1. The van der Waals surface area contributed by atoms with Gasteiger partial charge in [-0.2, -0.15) is 5.26 Å². The molecule has 0 spiro atoms. The van der Waals surface area contributed by atoms with Gasteiger partial charge in [0.1, 0.15) is 11.9 Å². The number of anilines is 1. The van der Waals surface area contributed by atoms with Crippen LogP contribution in [0, 0.1) is 11.3 Å². The van der Waals surface area contributed by atoms with Crippen molar-refractivity contribution >= 4 is 11.6 Å². The Hall–Kier alpha value is -3.59. The molecular weight excluding hydrogens is 352 g/mol. The molecule has 2 aromatic carbocycles. The van der Waals surface area contributed by atoms with Crippen molar-refractivity contribution in [1.29, 1.82) is 5.26 Å². The highest BCUT2D eigenvalue weighted by Gasteiger charge is 2.12. The molecule has 1 heterocycles. The molecule has 0 radical (unpaired) electrons. The first-order valence-electron chi connectivity index (χ1n) is 9.11. The molecule has 142 valence electrons. The van der Waals surface area contributed by atoms with Crippen LogP contribution in [-0.4, -0.2) is 21.6 Å². The molecule has 0 aliphatic carbocycles. The Morgan fingerprint density at radius 3 is 2.57 bits per heavy atom. The van der Waals surface area contributed by atoms with Gasteiger partial charge in [0.25, 0.3) is 0 Å². The van der Waals surface area contributed by atoms with Crippen molar-refractivity contribution in [2.45, 2.75) is 32.4 Å². The Morgan fingerprint density at radius 2 is 1.96 bits per heavy atom. The lowest BCUT2D eigenvalue weighted by Crippen LogP contribution is -2.23. The zero-order chi connectivity index (χ0) is 19.8. The van der Waals surface area contributed by atoms with E-state index in [1.165, 1.54) is 12.5 Å². The zero-order valence-corrected chi connectivity index (χ0v) is 15.7. The second-order valence-electron chi connectivity index (χ2n) is 6.55. The second-order valence-corrected chi connectivity index (χ2v) is 6.55. The fourth-order valence-corrected chi connectivity index (χ4v) is 2.90. The van der Waals surface area contributed by atoms with E-state index in [1.807, 2.05) is 59.3 Å². The molecule has 6 nitrogen and oxygen atoms in total. The summed E-state index contributed by atoms with van der Waals surface area (Å²) < 4.78 is 8.20. The summed E-state index contributed by atoms with van der Waals surface area (Å²) in [5.41, 5.74) is 2.57. The van der Waals surface area contributed by atoms with Gasteiger partial charge in [0.05, 0.1) is 24.5 Å². The Labute approximate surface area is 164 Å². The van der Waals surface area contributed by atoms with Gasteiger partial charge in [-0.15, -0.1) is 0 Å². The largest absolute Gasteiger partial charge is 0.489 e. The third kappa shape index (κ3) is 5.71. The molecule has 3 rings (SSSR count). The van der Waals surface area contributed by atoms with Gasteiger partial charge in [0.15, 0.2) is 0 Å². The molecule has 0 aliphatic rings. The molecule has 1 aromatic heterocycles. The summed E-state index contributed by atoms with van der Waals surface area (Å²) in [6.45, 7) is 2.17. The number of carbonyl (C=O) groups is 1. The smallest absolute Gasteiger partial charge is 0.221 e. The first-order chi connectivity index (χ1) is 13.6. The van der Waals surface area contributed by atoms with Gasteiger partial charge >= 0.3 is 0 Å².